The molecule has 0 spiro atoms. The summed E-state index contributed by atoms with van der Waals surface area (Å²) in [7, 11) is 0. The fourth-order valence-electron chi connectivity index (χ4n) is 2.41. The predicted molar refractivity (Wildman–Crippen MR) is 90.9 cm³/mol. The molecule has 2 amide bonds. The lowest BCUT2D eigenvalue weighted by molar-refractivity contribution is 0.174. The SMILES string of the molecule is CCc1ccccc1OCCNC(=O)Nc1ccc2c(c1)OCO2. The molecule has 0 atom stereocenters. The topological polar surface area (TPSA) is 68.8 Å². The molecule has 2 aromatic rings. The van der Waals surface area contributed by atoms with Gasteiger partial charge in [-0.2, -0.15) is 0 Å². The van der Waals surface area contributed by atoms with Gasteiger partial charge >= 0.3 is 6.03 Å². The number of nitrogens with one attached hydrogen (secondary N) is 2. The molecule has 0 saturated heterocycles. The first-order chi connectivity index (χ1) is 11.8. The lowest BCUT2D eigenvalue weighted by Gasteiger charge is -2.11. The highest BCUT2D eigenvalue weighted by atomic mass is 16.7. The number of anilines is 1. The standard InChI is InChI=1S/C18H20N2O4/c1-2-13-5-3-4-6-15(13)22-10-9-19-18(21)20-14-7-8-16-17(11-14)24-12-23-16/h3-8,11H,2,9-10,12H2,1H3,(H2,19,20,21). The summed E-state index contributed by atoms with van der Waals surface area (Å²) in [5, 5.41) is 5.51. The van der Waals surface area contributed by atoms with E-state index in [0.717, 1.165) is 17.7 Å². The third-order valence-corrected chi connectivity index (χ3v) is 3.63. The third-order valence-electron chi connectivity index (χ3n) is 3.63. The number of ether oxygens (including phenoxy) is 3. The Morgan fingerprint density at radius 3 is 2.88 bits per heavy atom. The van der Waals surface area contributed by atoms with Crippen LogP contribution in [0.3, 0.4) is 0 Å². The minimum absolute atomic E-state index is 0.210. The highest BCUT2D eigenvalue weighted by molar-refractivity contribution is 5.89. The molecule has 6 heteroatoms. The average molecular weight is 328 g/mol. The highest BCUT2D eigenvalue weighted by Crippen LogP contribution is 2.34. The Labute approximate surface area is 140 Å². The summed E-state index contributed by atoms with van der Waals surface area (Å²) in [5.41, 5.74) is 1.80. The number of hydrogen-bond acceptors (Lipinski definition) is 4. The number of benzene rings is 2. The molecule has 1 heterocycles. The van der Waals surface area contributed by atoms with Crippen LogP contribution in [-0.2, 0) is 6.42 Å². The first-order valence-electron chi connectivity index (χ1n) is 7.91. The molecule has 0 bridgehead atoms. The van der Waals surface area contributed by atoms with E-state index in [9.17, 15) is 4.79 Å². The predicted octanol–water partition coefficient (Wildman–Crippen LogP) is 3.18. The van der Waals surface area contributed by atoms with Crippen molar-refractivity contribution in [3.63, 3.8) is 0 Å². The van der Waals surface area contributed by atoms with E-state index < -0.39 is 0 Å². The fourth-order valence-corrected chi connectivity index (χ4v) is 2.41. The van der Waals surface area contributed by atoms with Crippen molar-refractivity contribution in [2.24, 2.45) is 0 Å². The van der Waals surface area contributed by atoms with Crippen LogP contribution >= 0.6 is 0 Å². The van der Waals surface area contributed by atoms with Gasteiger partial charge in [-0.25, -0.2) is 4.79 Å². The Morgan fingerprint density at radius 2 is 2.00 bits per heavy atom. The molecule has 3 rings (SSSR count). The van der Waals surface area contributed by atoms with Gasteiger partial charge in [0.25, 0.3) is 0 Å². The lowest BCUT2D eigenvalue weighted by atomic mass is 10.1. The van der Waals surface area contributed by atoms with Gasteiger partial charge in [-0.15, -0.1) is 0 Å². The van der Waals surface area contributed by atoms with E-state index in [0.29, 0.717) is 30.3 Å². The molecule has 1 aliphatic heterocycles. The van der Waals surface area contributed by atoms with E-state index in [4.69, 9.17) is 14.2 Å². The summed E-state index contributed by atoms with van der Waals surface area (Å²) < 4.78 is 16.2. The normalized spacial score (nSPS) is 11.9. The summed E-state index contributed by atoms with van der Waals surface area (Å²) in [5.74, 6) is 2.18. The van der Waals surface area contributed by atoms with Crippen LogP contribution in [0.5, 0.6) is 17.2 Å². The molecule has 2 aromatic carbocycles. The Kier molecular flexibility index (Phi) is 5.05. The molecule has 0 radical (unpaired) electrons. The molecule has 0 aliphatic carbocycles. The third kappa shape index (κ3) is 3.90. The van der Waals surface area contributed by atoms with E-state index in [-0.39, 0.29) is 12.8 Å². The van der Waals surface area contributed by atoms with E-state index in [1.54, 1.807) is 18.2 Å². The zero-order chi connectivity index (χ0) is 16.8. The van der Waals surface area contributed by atoms with Crippen LogP contribution in [-0.4, -0.2) is 26.0 Å². The second-order valence-electron chi connectivity index (χ2n) is 5.26. The number of para-hydroxylation sites is 1. The van der Waals surface area contributed by atoms with Crippen molar-refractivity contribution < 1.29 is 19.0 Å². The molecule has 0 fully saturated rings. The monoisotopic (exact) mass is 328 g/mol. The van der Waals surface area contributed by atoms with Crippen molar-refractivity contribution in [2.75, 3.05) is 25.3 Å². The first kappa shape index (κ1) is 16.0. The number of amides is 2. The van der Waals surface area contributed by atoms with Gasteiger partial charge in [0.15, 0.2) is 11.5 Å². The number of rotatable bonds is 6. The Hall–Kier alpha value is -2.89. The summed E-state index contributed by atoms with van der Waals surface area (Å²) in [6, 6.07) is 12.9. The first-order valence-corrected chi connectivity index (χ1v) is 7.91. The number of fused-ring (bicyclic) bond motifs is 1. The maximum Gasteiger partial charge on any atom is 0.319 e. The molecule has 1 aliphatic rings. The smallest absolute Gasteiger partial charge is 0.319 e. The van der Waals surface area contributed by atoms with E-state index in [1.807, 2.05) is 24.3 Å². The Morgan fingerprint density at radius 1 is 1.17 bits per heavy atom. The Bertz CT molecular complexity index is 718. The number of carbonyl (C=O) groups excluding carboxylic acids is 1. The van der Waals surface area contributed by atoms with Crippen LogP contribution in [0, 0.1) is 0 Å². The minimum atomic E-state index is -0.291. The molecule has 0 saturated carbocycles. The number of carbonyl (C=O) groups is 1. The summed E-state index contributed by atoms with van der Waals surface area (Å²) in [6.45, 7) is 3.11. The van der Waals surface area contributed by atoms with Gasteiger partial charge in [0.2, 0.25) is 6.79 Å². The number of aryl methyl sites for hydroxylation is 1. The van der Waals surface area contributed by atoms with E-state index in [2.05, 4.69) is 17.6 Å². The van der Waals surface area contributed by atoms with Crippen molar-refractivity contribution in [3.05, 3.63) is 48.0 Å². The molecular weight excluding hydrogens is 308 g/mol. The van der Waals surface area contributed by atoms with E-state index >= 15 is 0 Å². The molecule has 6 nitrogen and oxygen atoms in total. The van der Waals surface area contributed by atoms with Crippen LogP contribution in [0.25, 0.3) is 0 Å². The maximum atomic E-state index is 11.9. The van der Waals surface area contributed by atoms with Crippen molar-refractivity contribution in [1.82, 2.24) is 5.32 Å². The zero-order valence-electron chi connectivity index (χ0n) is 13.5. The van der Waals surface area contributed by atoms with Crippen LogP contribution in [0.15, 0.2) is 42.5 Å². The van der Waals surface area contributed by atoms with Crippen LogP contribution in [0.4, 0.5) is 10.5 Å². The van der Waals surface area contributed by atoms with Gasteiger partial charge in [-0.05, 0) is 30.2 Å². The average Bonchev–Trinajstić information content (AvgIpc) is 3.07. The minimum Gasteiger partial charge on any atom is -0.491 e. The van der Waals surface area contributed by atoms with Gasteiger partial charge in [0, 0.05) is 11.8 Å². The van der Waals surface area contributed by atoms with Gasteiger partial charge < -0.3 is 24.8 Å². The van der Waals surface area contributed by atoms with Gasteiger partial charge in [-0.3, -0.25) is 0 Å². The molecular formula is C18H20N2O4. The molecule has 126 valence electrons. The molecule has 0 aromatic heterocycles. The largest absolute Gasteiger partial charge is 0.491 e. The van der Waals surface area contributed by atoms with Gasteiger partial charge in [-0.1, -0.05) is 25.1 Å². The Balaban J connectivity index is 1.43. The van der Waals surface area contributed by atoms with Crippen molar-refractivity contribution >= 4 is 11.7 Å². The van der Waals surface area contributed by atoms with Crippen LogP contribution in [0.2, 0.25) is 0 Å². The number of hydrogen-bond donors (Lipinski definition) is 2. The second-order valence-corrected chi connectivity index (χ2v) is 5.26. The molecule has 2 N–H and O–H groups in total. The van der Waals surface area contributed by atoms with Crippen LogP contribution in [0.1, 0.15) is 12.5 Å². The van der Waals surface area contributed by atoms with Crippen molar-refractivity contribution in [3.8, 4) is 17.2 Å². The number of urea groups is 1. The fraction of sp³-hybridized carbons (Fsp3) is 0.278. The lowest BCUT2D eigenvalue weighted by Crippen LogP contribution is -2.32. The van der Waals surface area contributed by atoms with Crippen LogP contribution < -0.4 is 24.8 Å². The quantitative estimate of drug-likeness (QED) is 0.799. The van der Waals surface area contributed by atoms with Crippen molar-refractivity contribution in [2.45, 2.75) is 13.3 Å². The summed E-state index contributed by atoms with van der Waals surface area (Å²) in [6.07, 6.45) is 0.911. The van der Waals surface area contributed by atoms with Gasteiger partial charge in [0.1, 0.15) is 12.4 Å². The molecule has 24 heavy (non-hydrogen) atoms. The second kappa shape index (κ2) is 7.59. The molecule has 0 unspecified atom stereocenters. The van der Waals surface area contributed by atoms with Gasteiger partial charge in [0.05, 0.1) is 6.54 Å². The van der Waals surface area contributed by atoms with E-state index in [1.165, 1.54) is 0 Å². The zero-order valence-corrected chi connectivity index (χ0v) is 13.5. The highest BCUT2D eigenvalue weighted by Gasteiger charge is 2.13. The summed E-state index contributed by atoms with van der Waals surface area (Å²) >= 11 is 0. The van der Waals surface area contributed by atoms with Crippen molar-refractivity contribution in [1.29, 1.82) is 0 Å². The summed E-state index contributed by atoms with van der Waals surface area (Å²) in [4.78, 5) is 11.9. The maximum absolute atomic E-state index is 11.9.